The number of rotatable bonds is 7. The molecule has 124 valence electrons. The Morgan fingerprint density at radius 2 is 1.65 bits per heavy atom. The van der Waals surface area contributed by atoms with Crippen LogP contribution in [0.15, 0.2) is 24.3 Å². The summed E-state index contributed by atoms with van der Waals surface area (Å²) in [7, 11) is 2.94. The number of methoxy groups -OCH3 is 2. The normalized spacial score (nSPS) is 13.4. The van der Waals surface area contributed by atoms with Crippen LogP contribution in [-0.2, 0) is 9.47 Å². The zero-order valence-corrected chi connectivity index (χ0v) is 13.0. The first-order valence-electron chi connectivity index (χ1n) is 7.11. The Labute approximate surface area is 133 Å². The first kappa shape index (κ1) is 16.9. The van der Waals surface area contributed by atoms with Crippen LogP contribution in [0.25, 0.3) is 0 Å². The van der Waals surface area contributed by atoms with Crippen molar-refractivity contribution in [1.82, 2.24) is 15.5 Å². The second kappa shape index (κ2) is 7.70. The van der Waals surface area contributed by atoms with Gasteiger partial charge >= 0.3 is 6.03 Å². The van der Waals surface area contributed by atoms with Gasteiger partial charge in [0.15, 0.2) is 6.29 Å². The number of carbonyl (C=O) groups excluding carboxylic acids is 3. The third kappa shape index (κ3) is 3.85. The van der Waals surface area contributed by atoms with Crippen molar-refractivity contribution < 1.29 is 23.9 Å². The van der Waals surface area contributed by atoms with E-state index in [1.807, 2.05) is 0 Å². The van der Waals surface area contributed by atoms with Gasteiger partial charge in [-0.25, -0.2) is 4.79 Å². The van der Waals surface area contributed by atoms with E-state index in [4.69, 9.17) is 9.47 Å². The molecule has 0 spiro atoms. The molecule has 0 aromatic heterocycles. The van der Waals surface area contributed by atoms with Gasteiger partial charge in [0.1, 0.15) is 0 Å². The fraction of sp³-hybridized carbons (Fsp3) is 0.400. The topological polar surface area (TPSA) is 97.0 Å². The molecule has 23 heavy (non-hydrogen) atoms. The van der Waals surface area contributed by atoms with Crippen LogP contribution in [-0.4, -0.2) is 62.9 Å². The molecule has 2 N–H and O–H groups in total. The van der Waals surface area contributed by atoms with Gasteiger partial charge in [-0.3, -0.25) is 14.5 Å². The highest BCUT2D eigenvalue weighted by atomic mass is 16.7. The lowest BCUT2D eigenvalue weighted by Crippen LogP contribution is -2.44. The van der Waals surface area contributed by atoms with E-state index in [9.17, 15) is 14.4 Å². The Bertz CT molecular complexity index is 566. The Hall–Kier alpha value is -2.45. The largest absolute Gasteiger partial charge is 0.354 e. The maximum absolute atomic E-state index is 12.1. The van der Waals surface area contributed by atoms with Crippen molar-refractivity contribution in [2.45, 2.75) is 6.29 Å². The molecule has 0 bridgehead atoms. The van der Waals surface area contributed by atoms with Crippen molar-refractivity contribution in [1.29, 1.82) is 0 Å². The molecule has 0 radical (unpaired) electrons. The van der Waals surface area contributed by atoms with Crippen LogP contribution in [0.5, 0.6) is 0 Å². The zero-order chi connectivity index (χ0) is 16.8. The summed E-state index contributed by atoms with van der Waals surface area (Å²) in [5, 5.41) is 5.13. The average Bonchev–Trinajstić information content (AvgIpc) is 2.81. The number of carbonyl (C=O) groups is 3. The quantitative estimate of drug-likeness (QED) is 0.552. The van der Waals surface area contributed by atoms with Gasteiger partial charge in [-0.2, -0.15) is 0 Å². The minimum absolute atomic E-state index is 0.109. The minimum Gasteiger partial charge on any atom is -0.354 e. The molecule has 0 aliphatic carbocycles. The second-order valence-electron chi connectivity index (χ2n) is 4.85. The Morgan fingerprint density at radius 1 is 1.09 bits per heavy atom. The highest BCUT2D eigenvalue weighted by Gasteiger charge is 2.34. The maximum Gasteiger partial charge on any atom is 0.315 e. The van der Waals surface area contributed by atoms with Crippen molar-refractivity contribution in [2.24, 2.45) is 0 Å². The number of imide groups is 1. The Kier molecular flexibility index (Phi) is 5.67. The van der Waals surface area contributed by atoms with E-state index in [0.717, 1.165) is 4.90 Å². The lowest BCUT2D eigenvalue weighted by atomic mass is 10.1. The first-order valence-corrected chi connectivity index (χ1v) is 7.11. The molecular weight excluding hydrogens is 302 g/mol. The number of hydrogen-bond donors (Lipinski definition) is 2. The number of ether oxygens (including phenoxy) is 2. The fourth-order valence-corrected chi connectivity index (χ4v) is 2.22. The number of amides is 4. The van der Waals surface area contributed by atoms with Crippen molar-refractivity contribution >= 4 is 17.8 Å². The number of fused-ring (bicyclic) bond motifs is 1. The van der Waals surface area contributed by atoms with Gasteiger partial charge in [-0.15, -0.1) is 0 Å². The molecule has 0 saturated carbocycles. The van der Waals surface area contributed by atoms with E-state index in [-0.39, 0.29) is 31.4 Å². The summed E-state index contributed by atoms with van der Waals surface area (Å²) in [6.45, 7) is 0.450. The Morgan fingerprint density at radius 3 is 2.17 bits per heavy atom. The van der Waals surface area contributed by atoms with E-state index in [1.54, 1.807) is 24.3 Å². The van der Waals surface area contributed by atoms with E-state index < -0.39 is 12.3 Å². The van der Waals surface area contributed by atoms with Gasteiger partial charge < -0.3 is 20.1 Å². The molecule has 1 aliphatic rings. The molecule has 0 atom stereocenters. The van der Waals surface area contributed by atoms with Crippen molar-refractivity contribution in [3.05, 3.63) is 35.4 Å². The van der Waals surface area contributed by atoms with Crippen LogP contribution in [0.4, 0.5) is 4.79 Å². The Balaban J connectivity index is 1.78. The van der Waals surface area contributed by atoms with E-state index in [1.165, 1.54) is 14.2 Å². The summed E-state index contributed by atoms with van der Waals surface area (Å²) < 4.78 is 9.87. The third-order valence-electron chi connectivity index (χ3n) is 3.45. The molecule has 1 aliphatic heterocycles. The number of urea groups is 1. The number of nitrogens with one attached hydrogen (secondary N) is 2. The molecule has 1 aromatic carbocycles. The molecule has 0 fully saturated rings. The summed E-state index contributed by atoms with van der Waals surface area (Å²) in [6, 6.07) is 6.22. The van der Waals surface area contributed by atoms with Gasteiger partial charge in [0.05, 0.1) is 17.7 Å². The van der Waals surface area contributed by atoms with Gasteiger partial charge in [0.25, 0.3) is 11.8 Å². The first-order chi connectivity index (χ1) is 11.1. The highest BCUT2D eigenvalue weighted by molar-refractivity contribution is 6.21. The number of nitrogens with zero attached hydrogens (tertiary/aromatic N) is 1. The second-order valence-corrected chi connectivity index (χ2v) is 4.85. The van der Waals surface area contributed by atoms with Crippen LogP contribution in [0.2, 0.25) is 0 Å². The third-order valence-corrected chi connectivity index (χ3v) is 3.45. The number of benzene rings is 1. The predicted octanol–water partition coefficient (Wildman–Crippen LogP) is 0.201. The van der Waals surface area contributed by atoms with Crippen molar-refractivity contribution in [2.75, 3.05) is 33.9 Å². The van der Waals surface area contributed by atoms with E-state index in [0.29, 0.717) is 11.1 Å². The van der Waals surface area contributed by atoms with Crippen molar-refractivity contribution in [3.8, 4) is 0 Å². The van der Waals surface area contributed by atoms with Crippen molar-refractivity contribution in [3.63, 3.8) is 0 Å². The van der Waals surface area contributed by atoms with Gasteiger partial charge in [-0.05, 0) is 12.1 Å². The van der Waals surface area contributed by atoms with Crippen LogP contribution in [0.3, 0.4) is 0 Å². The van der Waals surface area contributed by atoms with Gasteiger partial charge in [0.2, 0.25) is 0 Å². The molecule has 1 aromatic rings. The summed E-state index contributed by atoms with van der Waals surface area (Å²) in [5.74, 6) is -0.682. The zero-order valence-electron chi connectivity index (χ0n) is 13.0. The van der Waals surface area contributed by atoms with E-state index in [2.05, 4.69) is 10.6 Å². The van der Waals surface area contributed by atoms with Gasteiger partial charge in [0, 0.05) is 27.3 Å². The van der Waals surface area contributed by atoms with Crippen LogP contribution >= 0.6 is 0 Å². The molecule has 0 saturated heterocycles. The lowest BCUT2D eigenvalue weighted by molar-refractivity contribution is -0.0971. The van der Waals surface area contributed by atoms with Crippen LogP contribution in [0, 0.1) is 0 Å². The SMILES string of the molecule is COC(CNC(=O)NCCN1C(=O)c2ccccc2C1=O)OC. The molecule has 2 rings (SSSR count). The summed E-state index contributed by atoms with van der Waals surface area (Å²) in [6.07, 6.45) is -0.531. The molecule has 8 heteroatoms. The summed E-state index contributed by atoms with van der Waals surface area (Å²) >= 11 is 0. The smallest absolute Gasteiger partial charge is 0.315 e. The van der Waals surface area contributed by atoms with Gasteiger partial charge in [-0.1, -0.05) is 12.1 Å². The summed E-state index contributed by atoms with van der Waals surface area (Å²) in [5.41, 5.74) is 0.787. The standard InChI is InChI=1S/C15H19N3O5/c1-22-12(23-2)9-17-15(21)16-7-8-18-13(19)10-5-3-4-6-11(10)14(18)20/h3-6,12H,7-9H2,1-2H3,(H2,16,17,21). The molecule has 0 unspecified atom stereocenters. The average molecular weight is 321 g/mol. The number of hydrogen-bond acceptors (Lipinski definition) is 5. The molecule has 1 heterocycles. The molecule has 8 nitrogen and oxygen atoms in total. The molecular formula is C15H19N3O5. The predicted molar refractivity (Wildman–Crippen MR) is 81.0 cm³/mol. The van der Waals surface area contributed by atoms with E-state index >= 15 is 0 Å². The highest BCUT2D eigenvalue weighted by Crippen LogP contribution is 2.21. The lowest BCUT2D eigenvalue weighted by Gasteiger charge is -2.16. The minimum atomic E-state index is -0.531. The fourth-order valence-electron chi connectivity index (χ4n) is 2.22. The van der Waals surface area contributed by atoms with Crippen LogP contribution in [0.1, 0.15) is 20.7 Å². The maximum atomic E-state index is 12.1. The molecule has 4 amide bonds. The summed E-state index contributed by atoms with van der Waals surface area (Å²) in [4.78, 5) is 37.0. The van der Waals surface area contributed by atoms with Crippen LogP contribution < -0.4 is 10.6 Å². The monoisotopic (exact) mass is 321 g/mol.